The van der Waals surface area contributed by atoms with Crippen molar-refractivity contribution in [3.8, 4) is 10.7 Å². The smallest absolute Gasteiger partial charge is 0.405 e. The van der Waals surface area contributed by atoms with Crippen LogP contribution >= 0.6 is 11.3 Å². The van der Waals surface area contributed by atoms with E-state index in [0.29, 0.717) is 28.6 Å². The molecule has 11 nitrogen and oxygen atoms in total. The molecule has 0 saturated heterocycles. The summed E-state index contributed by atoms with van der Waals surface area (Å²) in [7, 11) is 0. The first-order chi connectivity index (χ1) is 17.4. The fraction of sp³-hybridized carbons (Fsp3) is 0.440. The fourth-order valence-corrected chi connectivity index (χ4v) is 4.47. The van der Waals surface area contributed by atoms with Gasteiger partial charge in [0.1, 0.15) is 22.5 Å². The number of thiazole rings is 1. The summed E-state index contributed by atoms with van der Waals surface area (Å²) < 4.78 is 5.13. The molecule has 2 heterocycles. The number of benzene rings is 1. The molecule has 0 fully saturated rings. The van der Waals surface area contributed by atoms with Gasteiger partial charge in [-0.1, -0.05) is 56.3 Å². The van der Waals surface area contributed by atoms with Crippen LogP contribution in [-0.2, 0) is 17.8 Å². The van der Waals surface area contributed by atoms with Gasteiger partial charge in [0.05, 0.1) is 18.3 Å². The molecule has 0 aliphatic heterocycles. The molecule has 200 valence electrons. The van der Waals surface area contributed by atoms with Gasteiger partial charge in [-0.15, -0.1) is 11.3 Å². The number of nitrogens with two attached hydrogens (primary N) is 1. The van der Waals surface area contributed by atoms with E-state index >= 15 is 0 Å². The largest absolute Gasteiger partial charge is 0.465 e. The lowest BCUT2D eigenvalue weighted by Gasteiger charge is -2.33. The summed E-state index contributed by atoms with van der Waals surface area (Å²) in [6.07, 6.45) is -1.85. The van der Waals surface area contributed by atoms with Crippen molar-refractivity contribution in [1.29, 1.82) is 0 Å². The van der Waals surface area contributed by atoms with Crippen LogP contribution in [0.1, 0.15) is 37.8 Å². The maximum Gasteiger partial charge on any atom is 0.405 e. The number of hydrogen-bond acceptors (Lipinski definition) is 9. The van der Waals surface area contributed by atoms with E-state index in [2.05, 4.69) is 20.9 Å². The zero-order chi connectivity index (χ0) is 27.2. The number of aryl methyl sites for hydroxylation is 1. The second-order valence-corrected chi connectivity index (χ2v) is 10.9. The van der Waals surface area contributed by atoms with Gasteiger partial charge < -0.3 is 25.8 Å². The minimum atomic E-state index is -1.31. The predicted molar refractivity (Wildman–Crippen MR) is 139 cm³/mol. The Morgan fingerprint density at radius 2 is 1.95 bits per heavy atom. The standard InChI is InChI=1S/C25H34N6O5S/c1-15-10-19(30-36-15)23-27-17(14-37-23)12-31(29-22(33)21(25(2,3)4)28-24(34)35)13-20(32)18(26)11-16-8-6-5-7-9-16/h5-10,14,18,20-21,28,32H,11-13,26H2,1-4H3,(H,29,33)(H,34,35)/t18-,20-,21+/m0/s1. The molecule has 2 amide bonds. The zero-order valence-corrected chi connectivity index (χ0v) is 22.2. The van der Waals surface area contributed by atoms with Gasteiger partial charge >= 0.3 is 6.09 Å². The number of aliphatic hydroxyl groups is 1. The second kappa shape index (κ2) is 12.3. The van der Waals surface area contributed by atoms with Crippen LogP contribution in [0.4, 0.5) is 4.79 Å². The number of rotatable bonds is 11. The Morgan fingerprint density at radius 3 is 2.54 bits per heavy atom. The highest BCUT2D eigenvalue weighted by Crippen LogP contribution is 2.24. The minimum absolute atomic E-state index is 0.000394. The van der Waals surface area contributed by atoms with Gasteiger partial charge in [-0.2, -0.15) is 0 Å². The molecule has 3 rings (SSSR count). The Morgan fingerprint density at radius 1 is 1.24 bits per heavy atom. The van der Waals surface area contributed by atoms with E-state index in [-0.39, 0.29) is 13.1 Å². The molecule has 2 aromatic heterocycles. The zero-order valence-electron chi connectivity index (χ0n) is 21.3. The van der Waals surface area contributed by atoms with Gasteiger partial charge in [-0.25, -0.2) is 14.8 Å². The molecule has 1 aromatic carbocycles. The van der Waals surface area contributed by atoms with E-state index in [1.165, 1.54) is 16.3 Å². The molecule has 3 atom stereocenters. The molecule has 0 spiro atoms. The summed E-state index contributed by atoms with van der Waals surface area (Å²) in [5.74, 6) is 0.108. The van der Waals surface area contributed by atoms with Crippen molar-refractivity contribution in [2.75, 3.05) is 6.54 Å². The summed E-state index contributed by atoms with van der Waals surface area (Å²) in [5.41, 5.74) is 10.6. The summed E-state index contributed by atoms with van der Waals surface area (Å²) in [4.78, 5) is 29.1. The normalized spacial score (nSPS) is 14.2. The van der Waals surface area contributed by atoms with Gasteiger partial charge in [0.15, 0.2) is 0 Å². The molecule has 0 aliphatic rings. The number of carbonyl (C=O) groups is 2. The van der Waals surface area contributed by atoms with Crippen molar-refractivity contribution < 1.29 is 24.3 Å². The van der Waals surface area contributed by atoms with Crippen molar-refractivity contribution >= 4 is 23.3 Å². The molecular weight excluding hydrogens is 496 g/mol. The van der Waals surface area contributed by atoms with Gasteiger partial charge in [-0.05, 0) is 24.3 Å². The molecule has 0 unspecified atom stereocenters. The van der Waals surface area contributed by atoms with Crippen molar-refractivity contribution in [2.24, 2.45) is 11.1 Å². The first-order valence-electron chi connectivity index (χ1n) is 11.8. The number of aliphatic hydroxyl groups excluding tert-OH is 1. The third kappa shape index (κ3) is 8.35. The third-order valence-electron chi connectivity index (χ3n) is 5.63. The van der Waals surface area contributed by atoms with Gasteiger partial charge in [-0.3, -0.25) is 10.2 Å². The van der Waals surface area contributed by atoms with Crippen LogP contribution in [0.15, 0.2) is 46.3 Å². The van der Waals surface area contributed by atoms with E-state index in [9.17, 15) is 19.8 Å². The van der Waals surface area contributed by atoms with Crippen molar-refractivity contribution in [2.45, 2.75) is 58.8 Å². The first kappa shape index (κ1) is 28.3. The summed E-state index contributed by atoms with van der Waals surface area (Å²) in [5, 5.41) is 30.4. The molecule has 6 N–H and O–H groups in total. The Labute approximate surface area is 219 Å². The quantitative estimate of drug-likeness (QED) is 0.234. The average molecular weight is 531 g/mol. The molecule has 0 radical (unpaired) electrons. The monoisotopic (exact) mass is 530 g/mol. The molecule has 0 saturated carbocycles. The highest BCUT2D eigenvalue weighted by Gasteiger charge is 2.34. The SMILES string of the molecule is Cc1cc(-c2nc(CN(C[C@H](O)[C@@H](N)Cc3ccccc3)NC(=O)[C@@H](NC(=O)O)C(C)(C)C)cs2)no1. The Bertz CT molecular complexity index is 1180. The fourth-order valence-electron chi connectivity index (χ4n) is 3.71. The first-order valence-corrected chi connectivity index (χ1v) is 12.7. The predicted octanol–water partition coefficient (Wildman–Crippen LogP) is 2.55. The Kier molecular flexibility index (Phi) is 9.38. The molecule has 0 aliphatic carbocycles. The van der Waals surface area contributed by atoms with Crippen LogP contribution in [0.2, 0.25) is 0 Å². The Balaban J connectivity index is 1.77. The summed E-state index contributed by atoms with van der Waals surface area (Å²) >= 11 is 1.37. The maximum atomic E-state index is 13.2. The minimum Gasteiger partial charge on any atom is -0.465 e. The van der Waals surface area contributed by atoms with Crippen LogP contribution in [0.3, 0.4) is 0 Å². The third-order valence-corrected chi connectivity index (χ3v) is 6.55. The lowest BCUT2D eigenvalue weighted by Crippen LogP contribution is -2.58. The van der Waals surface area contributed by atoms with Gasteiger partial charge in [0.2, 0.25) is 0 Å². The topological polar surface area (TPSA) is 167 Å². The van der Waals surface area contributed by atoms with E-state index in [1.807, 2.05) is 35.7 Å². The molecule has 37 heavy (non-hydrogen) atoms. The maximum absolute atomic E-state index is 13.2. The number of amides is 2. The molecule has 3 aromatic rings. The Hall–Kier alpha value is -3.32. The summed E-state index contributed by atoms with van der Waals surface area (Å²) in [6, 6.07) is 9.72. The summed E-state index contributed by atoms with van der Waals surface area (Å²) in [6.45, 7) is 7.22. The van der Waals surface area contributed by atoms with Gasteiger partial charge in [0, 0.05) is 24.0 Å². The number of nitrogens with zero attached hydrogens (tertiary/aromatic N) is 3. The highest BCUT2D eigenvalue weighted by atomic mass is 32.1. The number of carboxylic acid groups (broad SMARTS) is 1. The second-order valence-electron chi connectivity index (χ2n) is 9.99. The highest BCUT2D eigenvalue weighted by molar-refractivity contribution is 7.13. The van der Waals surface area contributed by atoms with Crippen LogP contribution < -0.4 is 16.5 Å². The number of hydrazine groups is 1. The van der Waals surface area contributed by atoms with Gasteiger partial charge in [0.25, 0.3) is 5.91 Å². The molecular formula is C25H34N6O5S. The number of aromatic nitrogens is 2. The van der Waals surface area contributed by atoms with E-state index < -0.39 is 35.6 Å². The van der Waals surface area contributed by atoms with E-state index in [1.54, 1.807) is 33.8 Å². The van der Waals surface area contributed by atoms with E-state index in [0.717, 1.165) is 5.56 Å². The van der Waals surface area contributed by atoms with Crippen molar-refractivity contribution in [3.05, 3.63) is 58.8 Å². The van der Waals surface area contributed by atoms with Crippen LogP contribution in [0.25, 0.3) is 10.7 Å². The molecule has 12 heteroatoms. The number of carbonyl (C=O) groups excluding carboxylic acids is 1. The lowest BCUT2D eigenvalue weighted by atomic mass is 9.86. The number of hydrogen-bond donors (Lipinski definition) is 5. The average Bonchev–Trinajstić information content (AvgIpc) is 3.46. The van der Waals surface area contributed by atoms with Crippen LogP contribution in [-0.4, -0.2) is 62.1 Å². The van der Waals surface area contributed by atoms with Crippen LogP contribution in [0.5, 0.6) is 0 Å². The van der Waals surface area contributed by atoms with Crippen LogP contribution in [0, 0.1) is 12.3 Å². The van der Waals surface area contributed by atoms with Crippen molar-refractivity contribution in [1.82, 2.24) is 25.9 Å². The van der Waals surface area contributed by atoms with Crippen molar-refractivity contribution in [3.63, 3.8) is 0 Å². The lowest BCUT2D eigenvalue weighted by molar-refractivity contribution is -0.131. The number of nitrogens with one attached hydrogen (secondary N) is 2. The van der Waals surface area contributed by atoms with E-state index in [4.69, 9.17) is 10.3 Å². The molecule has 0 bridgehead atoms.